The molecule has 2 aromatic heterocycles. The van der Waals surface area contributed by atoms with E-state index in [1.807, 2.05) is 6.07 Å². The molecule has 0 unspecified atom stereocenters. The standard InChI is InChI=1S/C19H16N6O2/c1-25(17-8-3-14(11-20)12-23-17)13-18(26)24-15-4-6-16(7-5-15)27-19-21-9-2-10-22-19/h2-10,12H,13H2,1H3,(H,24,26). The second kappa shape index (κ2) is 8.40. The first-order valence-corrected chi connectivity index (χ1v) is 8.06. The summed E-state index contributed by atoms with van der Waals surface area (Å²) >= 11 is 0. The third-order valence-corrected chi connectivity index (χ3v) is 3.54. The van der Waals surface area contributed by atoms with Crippen molar-refractivity contribution in [3.05, 3.63) is 66.6 Å². The molecule has 0 atom stereocenters. The lowest BCUT2D eigenvalue weighted by Gasteiger charge is -2.17. The summed E-state index contributed by atoms with van der Waals surface area (Å²) in [6.45, 7) is 0.120. The van der Waals surface area contributed by atoms with E-state index < -0.39 is 0 Å². The van der Waals surface area contributed by atoms with Gasteiger partial charge in [-0.1, -0.05) is 0 Å². The molecule has 3 rings (SSSR count). The zero-order valence-corrected chi connectivity index (χ0v) is 14.5. The normalized spacial score (nSPS) is 9.93. The number of benzene rings is 1. The van der Waals surface area contributed by atoms with Gasteiger partial charge in [-0.15, -0.1) is 0 Å². The van der Waals surface area contributed by atoms with Crippen LogP contribution in [0.4, 0.5) is 11.5 Å². The fourth-order valence-electron chi connectivity index (χ4n) is 2.22. The Morgan fingerprint density at radius 3 is 2.52 bits per heavy atom. The van der Waals surface area contributed by atoms with Crippen molar-refractivity contribution in [3.63, 3.8) is 0 Å². The number of nitrogens with zero attached hydrogens (tertiary/aromatic N) is 5. The van der Waals surface area contributed by atoms with Gasteiger partial charge in [0.25, 0.3) is 0 Å². The highest BCUT2D eigenvalue weighted by Gasteiger charge is 2.09. The molecule has 2 heterocycles. The first-order chi connectivity index (χ1) is 13.1. The molecule has 0 saturated carbocycles. The van der Waals surface area contributed by atoms with Gasteiger partial charge in [-0.3, -0.25) is 4.79 Å². The van der Waals surface area contributed by atoms with Gasteiger partial charge in [0.1, 0.15) is 17.6 Å². The molecule has 8 nitrogen and oxygen atoms in total. The predicted octanol–water partition coefficient (Wildman–Crippen LogP) is 2.61. The number of carbonyl (C=O) groups excluding carboxylic acids is 1. The minimum atomic E-state index is -0.191. The van der Waals surface area contributed by atoms with Crippen LogP contribution in [0.25, 0.3) is 0 Å². The lowest BCUT2D eigenvalue weighted by Crippen LogP contribution is -2.30. The highest BCUT2D eigenvalue weighted by molar-refractivity contribution is 5.93. The SMILES string of the molecule is CN(CC(=O)Nc1ccc(Oc2ncccn2)cc1)c1ccc(C#N)cn1. The number of carbonyl (C=O) groups is 1. The highest BCUT2D eigenvalue weighted by atomic mass is 16.5. The van der Waals surface area contributed by atoms with Crippen LogP contribution in [-0.2, 0) is 4.79 Å². The third kappa shape index (κ3) is 4.99. The molecule has 8 heteroatoms. The molecular weight excluding hydrogens is 344 g/mol. The Bertz CT molecular complexity index is 937. The number of hydrogen-bond acceptors (Lipinski definition) is 7. The van der Waals surface area contributed by atoms with Gasteiger partial charge in [0.15, 0.2) is 0 Å². The summed E-state index contributed by atoms with van der Waals surface area (Å²) in [6, 6.07) is 14.2. The van der Waals surface area contributed by atoms with Crippen LogP contribution in [0.15, 0.2) is 61.1 Å². The maximum Gasteiger partial charge on any atom is 0.321 e. The summed E-state index contributed by atoms with van der Waals surface area (Å²) in [6.07, 6.45) is 4.66. The smallest absolute Gasteiger partial charge is 0.321 e. The number of aromatic nitrogens is 3. The number of anilines is 2. The van der Waals surface area contributed by atoms with Gasteiger partial charge in [-0.2, -0.15) is 5.26 Å². The Labute approximate surface area is 156 Å². The maximum atomic E-state index is 12.2. The molecule has 3 aromatic rings. The number of amides is 1. The topological polar surface area (TPSA) is 104 Å². The molecule has 0 fully saturated rings. The number of nitriles is 1. The van der Waals surface area contributed by atoms with E-state index in [9.17, 15) is 4.79 Å². The Kier molecular flexibility index (Phi) is 5.54. The molecule has 1 aromatic carbocycles. The van der Waals surface area contributed by atoms with E-state index in [1.165, 1.54) is 6.20 Å². The van der Waals surface area contributed by atoms with Crippen molar-refractivity contribution in [2.45, 2.75) is 0 Å². The molecular formula is C19H16N6O2. The van der Waals surface area contributed by atoms with Crippen molar-refractivity contribution >= 4 is 17.4 Å². The fourth-order valence-corrected chi connectivity index (χ4v) is 2.22. The zero-order valence-electron chi connectivity index (χ0n) is 14.5. The average Bonchev–Trinajstić information content (AvgIpc) is 2.70. The minimum absolute atomic E-state index is 0.120. The van der Waals surface area contributed by atoms with Gasteiger partial charge in [0.05, 0.1) is 12.1 Å². The lowest BCUT2D eigenvalue weighted by molar-refractivity contribution is -0.114. The number of rotatable bonds is 6. The van der Waals surface area contributed by atoms with E-state index in [0.29, 0.717) is 22.8 Å². The Morgan fingerprint density at radius 2 is 1.89 bits per heavy atom. The van der Waals surface area contributed by atoms with Crippen molar-refractivity contribution < 1.29 is 9.53 Å². The quantitative estimate of drug-likeness (QED) is 0.720. The van der Waals surface area contributed by atoms with Crippen LogP contribution in [0.2, 0.25) is 0 Å². The van der Waals surface area contributed by atoms with Crippen molar-refractivity contribution in [2.75, 3.05) is 23.8 Å². The van der Waals surface area contributed by atoms with E-state index >= 15 is 0 Å². The van der Waals surface area contributed by atoms with Crippen LogP contribution >= 0.6 is 0 Å². The third-order valence-electron chi connectivity index (χ3n) is 3.54. The molecule has 0 aliphatic carbocycles. The fraction of sp³-hybridized carbons (Fsp3) is 0.105. The number of pyridine rings is 1. The van der Waals surface area contributed by atoms with Crippen LogP contribution < -0.4 is 15.0 Å². The summed E-state index contributed by atoms with van der Waals surface area (Å²) < 4.78 is 5.51. The largest absolute Gasteiger partial charge is 0.424 e. The zero-order chi connectivity index (χ0) is 19.1. The molecule has 0 spiro atoms. The van der Waals surface area contributed by atoms with Crippen molar-refractivity contribution in [1.29, 1.82) is 5.26 Å². The summed E-state index contributed by atoms with van der Waals surface area (Å²) in [7, 11) is 1.75. The van der Waals surface area contributed by atoms with E-state index in [4.69, 9.17) is 10.00 Å². The van der Waals surface area contributed by atoms with Crippen molar-refractivity contribution in [2.24, 2.45) is 0 Å². The highest BCUT2D eigenvalue weighted by Crippen LogP contribution is 2.20. The Balaban J connectivity index is 1.55. The molecule has 0 radical (unpaired) electrons. The first kappa shape index (κ1) is 17.8. The van der Waals surface area contributed by atoms with Crippen LogP contribution in [0.3, 0.4) is 0 Å². The van der Waals surface area contributed by atoms with Crippen LogP contribution in [0, 0.1) is 11.3 Å². The van der Waals surface area contributed by atoms with E-state index in [-0.39, 0.29) is 18.5 Å². The predicted molar refractivity (Wildman–Crippen MR) is 99.4 cm³/mol. The summed E-state index contributed by atoms with van der Waals surface area (Å²) in [4.78, 5) is 26.0. The van der Waals surface area contributed by atoms with Gasteiger partial charge < -0.3 is 15.0 Å². The number of hydrogen-bond donors (Lipinski definition) is 1. The Hall–Kier alpha value is -3.99. The number of ether oxygens (including phenoxy) is 1. The second-order valence-electron chi connectivity index (χ2n) is 5.58. The van der Waals surface area contributed by atoms with E-state index in [2.05, 4.69) is 20.3 Å². The molecule has 27 heavy (non-hydrogen) atoms. The number of likely N-dealkylation sites (N-methyl/N-ethyl adjacent to an activating group) is 1. The van der Waals surface area contributed by atoms with Gasteiger partial charge in [0, 0.05) is 31.3 Å². The van der Waals surface area contributed by atoms with E-state index in [1.54, 1.807) is 66.8 Å². The Morgan fingerprint density at radius 1 is 1.15 bits per heavy atom. The number of nitrogens with one attached hydrogen (secondary N) is 1. The van der Waals surface area contributed by atoms with Crippen LogP contribution in [0.1, 0.15) is 5.56 Å². The summed E-state index contributed by atoms with van der Waals surface area (Å²) in [5.74, 6) is 0.984. The lowest BCUT2D eigenvalue weighted by atomic mass is 10.3. The maximum absolute atomic E-state index is 12.2. The summed E-state index contributed by atoms with van der Waals surface area (Å²) in [5, 5.41) is 11.6. The van der Waals surface area contributed by atoms with E-state index in [0.717, 1.165) is 0 Å². The van der Waals surface area contributed by atoms with Crippen LogP contribution in [0.5, 0.6) is 11.8 Å². The summed E-state index contributed by atoms with van der Waals surface area (Å²) in [5.41, 5.74) is 1.11. The monoisotopic (exact) mass is 360 g/mol. The molecule has 0 aliphatic rings. The second-order valence-corrected chi connectivity index (χ2v) is 5.58. The molecule has 1 amide bonds. The van der Waals surface area contributed by atoms with Gasteiger partial charge >= 0.3 is 6.01 Å². The van der Waals surface area contributed by atoms with Crippen LogP contribution in [-0.4, -0.2) is 34.5 Å². The molecule has 134 valence electrons. The minimum Gasteiger partial charge on any atom is -0.424 e. The molecule has 0 saturated heterocycles. The van der Waals surface area contributed by atoms with Crippen molar-refractivity contribution in [3.8, 4) is 17.8 Å². The van der Waals surface area contributed by atoms with Gasteiger partial charge in [0.2, 0.25) is 5.91 Å². The molecule has 1 N–H and O–H groups in total. The molecule has 0 aliphatic heterocycles. The van der Waals surface area contributed by atoms with Crippen molar-refractivity contribution in [1.82, 2.24) is 15.0 Å². The van der Waals surface area contributed by atoms with Gasteiger partial charge in [-0.25, -0.2) is 15.0 Å². The van der Waals surface area contributed by atoms with Gasteiger partial charge in [-0.05, 0) is 42.5 Å². The average molecular weight is 360 g/mol. The first-order valence-electron chi connectivity index (χ1n) is 8.06. The molecule has 0 bridgehead atoms.